The van der Waals surface area contributed by atoms with E-state index in [4.69, 9.17) is 5.11 Å². The lowest BCUT2D eigenvalue weighted by atomic mass is 9.85. The van der Waals surface area contributed by atoms with E-state index >= 15 is 0 Å². The highest BCUT2D eigenvalue weighted by Gasteiger charge is 2.41. The summed E-state index contributed by atoms with van der Waals surface area (Å²) < 4.78 is 27.2. The molecule has 2 atom stereocenters. The predicted octanol–water partition coefficient (Wildman–Crippen LogP) is 1.93. The minimum Gasteiger partial charge on any atom is -0.481 e. The topological polar surface area (TPSA) is 69.6 Å². The molecule has 1 saturated heterocycles. The minimum atomic E-state index is -2.71. The number of halogens is 2. The molecule has 20 heavy (non-hydrogen) atoms. The van der Waals surface area contributed by atoms with Gasteiger partial charge in [-0.15, -0.1) is 0 Å². The van der Waals surface area contributed by atoms with Crippen LogP contribution in [0.15, 0.2) is 0 Å². The van der Waals surface area contributed by atoms with Crippen molar-refractivity contribution in [3.05, 3.63) is 0 Å². The van der Waals surface area contributed by atoms with Crippen LogP contribution in [-0.4, -0.2) is 47.6 Å². The Morgan fingerprint density at radius 1 is 1.30 bits per heavy atom. The number of amides is 2. The number of hydrogen-bond acceptors (Lipinski definition) is 2. The van der Waals surface area contributed by atoms with E-state index in [2.05, 4.69) is 5.32 Å². The number of likely N-dealkylation sites (tertiary alicyclic amines) is 1. The van der Waals surface area contributed by atoms with Crippen molar-refractivity contribution in [3.63, 3.8) is 0 Å². The van der Waals surface area contributed by atoms with Crippen LogP contribution < -0.4 is 5.32 Å². The van der Waals surface area contributed by atoms with Gasteiger partial charge in [0, 0.05) is 32.0 Å². The third-order valence-corrected chi connectivity index (χ3v) is 4.23. The van der Waals surface area contributed by atoms with Crippen molar-refractivity contribution in [1.82, 2.24) is 10.2 Å². The quantitative estimate of drug-likeness (QED) is 0.834. The first-order valence-electron chi connectivity index (χ1n) is 7.03. The van der Waals surface area contributed by atoms with Gasteiger partial charge in [0.15, 0.2) is 0 Å². The molecule has 2 fully saturated rings. The van der Waals surface area contributed by atoms with Crippen LogP contribution in [0.2, 0.25) is 0 Å². The lowest BCUT2D eigenvalue weighted by molar-refractivity contribution is -0.141. The van der Waals surface area contributed by atoms with E-state index in [1.54, 1.807) is 0 Å². The van der Waals surface area contributed by atoms with E-state index in [1.165, 1.54) is 4.90 Å². The molecule has 1 aliphatic carbocycles. The third kappa shape index (κ3) is 3.37. The number of carboxylic acids is 1. The Morgan fingerprint density at radius 2 is 2.05 bits per heavy atom. The lowest BCUT2D eigenvalue weighted by Crippen LogP contribution is -2.45. The number of aliphatic carboxylic acids is 1. The number of carboxylic acid groups (broad SMARTS) is 1. The number of nitrogens with one attached hydrogen (secondary N) is 1. The van der Waals surface area contributed by atoms with Gasteiger partial charge in [-0.3, -0.25) is 4.79 Å². The van der Waals surface area contributed by atoms with E-state index in [-0.39, 0.29) is 19.5 Å². The van der Waals surface area contributed by atoms with Gasteiger partial charge >= 0.3 is 12.0 Å². The molecule has 2 N–H and O–H groups in total. The third-order valence-electron chi connectivity index (χ3n) is 4.23. The number of carbonyl (C=O) groups excluding carboxylic acids is 1. The van der Waals surface area contributed by atoms with Crippen LogP contribution in [0.5, 0.6) is 0 Å². The lowest BCUT2D eigenvalue weighted by Gasteiger charge is -2.31. The van der Waals surface area contributed by atoms with Crippen molar-refractivity contribution >= 4 is 12.0 Å². The maximum absolute atomic E-state index is 13.6. The molecule has 1 aliphatic heterocycles. The zero-order valence-corrected chi connectivity index (χ0v) is 11.3. The minimum absolute atomic E-state index is 0.0416. The molecule has 1 saturated carbocycles. The SMILES string of the molecule is O=C(O)C1CCN(C(=O)NCC2CCCCC2(F)F)C1. The summed E-state index contributed by atoms with van der Waals surface area (Å²) in [5.74, 6) is -4.98. The fraction of sp³-hybridized carbons (Fsp3) is 0.846. The number of carbonyl (C=O) groups is 2. The Labute approximate surface area is 116 Å². The monoisotopic (exact) mass is 290 g/mol. The highest BCUT2D eigenvalue weighted by atomic mass is 19.3. The maximum Gasteiger partial charge on any atom is 0.317 e. The zero-order valence-electron chi connectivity index (χ0n) is 11.3. The zero-order chi connectivity index (χ0) is 14.8. The van der Waals surface area contributed by atoms with Gasteiger partial charge in [-0.25, -0.2) is 13.6 Å². The smallest absolute Gasteiger partial charge is 0.317 e. The van der Waals surface area contributed by atoms with Gasteiger partial charge in [0.2, 0.25) is 0 Å². The van der Waals surface area contributed by atoms with Crippen molar-refractivity contribution in [1.29, 1.82) is 0 Å². The molecule has 0 radical (unpaired) electrons. The molecule has 1 heterocycles. The van der Waals surface area contributed by atoms with Crippen LogP contribution in [-0.2, 0) is 4.79 Å². The molecule has 2 unspecified atom stereocenters. The molecule has 2 rings (SSSR count). The Kier molecular flexibility index (Phi) is 4.45. The molecule has 0 aromatic rings. The summed E-state index contributed by atoms with van der Waals surface area (Å²) in [6.07, 6.45) is 2.02. The van der Waals surface area contributed by atoms with Crippen molar-refractivity contribution in [2.24, 2.45) is 11.8 Å². The second-order valence-electron chi connectivity index (χ2n) is 5.66. The highest BCUT2D eigenvalue weighted by Crippen LogP contribution is 2.37. The first-order chi connectivity index (χ1) is 9.40. The average Bonchev–Trinajstić information content (AvgIpc) is 2.86. The molecule has 0 bridgehead atoms. The average molecular weight is 290 g/mol. The summed E-state index contributed by atoms with van der Waals surface area (Å²) >= 11 is 0. The predicted molar refractivity (Wildman–Crippen MR) is 67.6 cm³/mol. The summed E-state index contributed by atoms with van der Waals surface area (Å²) in [6, 6.07) is -0.435. The van der Waals surface area contributed by atoms with E-state index in [1.807, 2.05) is 0 Å². The highest BCUT2D eigenvalue weighted by molar-refractivity contribution is 5.77. The normalized spacial score (nSPS) is 29.2. The maximum atomic E-state index is 13.6. The van der Waals surface area contributed by atoms with Gasteiger partial charge < -0.3 is 15.3 Å². The first-order valence-corrected chi connectivity index (χ1v) is 7.03. The van der Waals surface area contributed by atoms with Crippen molar-refractivity contribution < 1.29 is 23.5 Å². The van der Waals surface area contributed by atoms with Gasteiger partial charge in [0.05, 0.1) is 5.92 Å². The van der Waals surface area contributed by atoms with Gasteiger partial charge in [-0.1, -0.05) is 6.42 Å². The van der Waals surface area contributed by atoms with Crippen LogP contribution in [0.25, 0.3) is 0 Å². The molecule has 2 amide bonds. The Balaban J connectivity index is 1.79. The summed E-state index contributed by atoms with van der Waals surface area (Å²) in [7, 11) is 0. The Morgan fingerprint density at radius 3 is 2.65 bits per heavy atom. The van der Waals surface area contributed by atoms with E-state index in [0.29, 0.717) is 25.8 Å². The molecule has 5 nitrogen and oxygen atoms in total. The summed E-state index contributed by atoms with van der Waals surface area (Å²) in [5, 5.41) is 11.4. The van der Waals surface area contributed by atoms with Crippen molar-refractivity contribution in [2.75, 3.05) is 19.6 Å². The second kappa shape index (κ2) is 5.93. The molecule has 0 aromatic carbocycles. The van der Waals surface area contributed by atoms with Gasteiger partial charge in [-0.2, -0.15) is 0 Å². The Hall–Kier alpha value is -1.40. The van der Waals surface area contributed by atoms with Crippen LogP contribution in [0.1, 0.15) is 32.1 Å². The molecule has 2 aliphatic rings. The Bertz CT molecular complexity index is 390. The molecular weight excluding hydrogens is 270 g/mol. The van der Waals surface area contributed by atoms with E-state index in [0.717, 1.165) is 6.42 Å². The number of nitrogens with zero attached hydrogens (tertiary/aromatic N) is 1. The van der Waals surface area contributed by atoms with E-state index in [9.17, 15) is 18.4 Å². The van der Waals surface area contributed by atoms with Crippen molar-refractivity contribution in [3.8, 4) is 0 Å². The van der Waals surface area contributed by atoms with E-state index < -0.39 is 29.8 Å². The second-order valence-corrected chi connectivity index (χ2v) is 5.66. The number of alkyl halides is 2. The van der Waals surface area contributed by atoms with Gasteiger partial charge in [0.1, 0.15) is 0 Å². The fourth-order valence-electron chi connectivity index (χ4n) is 2.89. The largest absolute Gasteiger partial charge is 0.481 e. The van der Waals surface area contributed by atoms with Crippen LogP contribution in [0.3, 0.4) is 0 Å². The number of rotatable bonds is 3. The van der Waals surface area contributed by atoms with Crippen LogP contribution in [0.4, 0.5) is 13.6 Å². The molecule has 0 spiro atoms. The van der Waals surface area contributed by atoms with Crippen LogP contribution >= 0.6 is 0 Å². The van der Waals surface area contributed by atoms with Crippen molar-refractivity contribution in [2.45, 2.75) is 38.0 Å². The molecule has 0 aromatic heterocycles. The summed E-state index contributed by atoms with van der Waals surface area (Å²) in [5.41, 5.74) is 0. The van der Waals surface area contributed by atoms with Crippen LogP contribution in [0, 0.1) is 11.8 Å². The standard InChI is InChI=1S/C13H20F2N2O3/c14-13(15)5-2-1-3-10(13)7-16-12(20)17-6-4-9(8-17)11(18)19/h9-10H,1-8H2,(H,16,20)(H,18,19). The molecule has 7 heteroatoms. The van der Waals surface area contributed by atoms with Gasteiger partial charge in [-0.05, 0) is 19.3 Å². The number of hydrogen-bond donors (Lipinski definition) is 2. The summed E-state index contributed by atoms with van der Waals surface area (Å²) in [6.45, 7) is 0.478. The fourth-order valence-corrected chi connectivity index (χ4v) is 2.89. The molecular formula is C13H20F2N2O3. The number of urea groups is 1. The molecule has 114 valence electrons. The van der Waals surface area contributed by atoms with Gasteiger partial charge in [0.25, 0.3) is 5.92 Å². The summed E-state index contributed by atoms with van der Waals surface area (Å²) in [4.78, 5) is 24.0. The first kappa shape index (κ1) is 15.0.